The fourth-order valence-electron chi connectivity index (χ4n) is 3.27. The van der Waals surface area contributed by atoms with Gasteiger partial charge in [-0.15, -0.1) is 0 Å². The van der Waals surface area contributed by atoms with E-state index in [1.54, 1.807) is 24.8 Å². The van der Waals surface area contributed by atoms with Crippen molar-refractivity contribution >= 4 is 27.5 Å². The quantitative estimate of drug-likeness (QED) is 0.771. The summed E-state index contributed by atoms with van der Waals surface area (Å²) in [5.41, 5.74) is 1.12. The van der Waals surface area contributed by atoms with Crippen molar-refractivity contribution in [1.29, 1.82) is 0 Å². The number of carbonyl (C=O) groups is 1. The number of aromatic nitrogens is 1. The van der Waals surface area contributed by atoms with Crippen molar-refractivity contribution in [2.75, 3.05) is 26.2 Å². The number of amides is 1. The highest BCUT2D eigenvalue weighted by Crippen LogP contribution is 2.24. The van der Waals surface area contributed by atoms with Crippen molar-refractivity contribution in [2.24, 2.45) is 0 Å². The average molecular weight is 412 g/mol. The molecule has 0 saturated carbocycles. The molecule has 27 heavy (non-hydrogen) atoms. The van der Waals surface area contributed by atoms with E-state index in [1.165, 1.54) is 4.31 Å². The van der Waals surface area contributed by atoms with E-state index in [2.05, 4.69) is 5.16 Å². The van der Waals surface area contributed by atoms with Gasteiger partial charge in [-0.05, 0) is 31.9 Å². The van der Waals surface area contributed by atoms with Crippen molar-refractivity contribution < 1.29 is 17.7 Å². The second kappa shape index (κ2) is 8.00. The van der Waals surface area contributed by atoms with Gasteiger partial charge in [-0.3, -0.25) is 4.79 Å². The first-order chi connectivity index (χ1) is 12.8. The smallest absolute Gasteiger partial charge is 0.248 e. The van der Waals surface area contributed by atoms with Gasteiger partial charge in [0.1, 0.15) is 10.6 Å². The van der Waals surface area contributed by atoms with E-state index in [9.17, 15) is 13.2 Å². The molecule has 1 aromatic carbocycles. The van der Waals surface area contributed by atoms with Gasteiger partial charge >= 0.3 is 0 Å². The van der Waals surface area contributed by atoms with Crippen molar-refractivity contribution in [2.45, 2.75) is 31.6 Å². The maximum Gasteiger partial charge on any atom is 0.248 e. The third-order valence-corrected chi connectivity index (χ3v) is 7.19. The minimum Gasteiger partial charge on any atom is -0.360 e. The molecule has 0 bridgehead atoms. The molecule has 1 fully saturated rings. The number of sulfonamides is 1. The average Bonchev–Trinajstić information content (AvgIpc) is 2.83. The highest BCUT2D eigenvalue weighted by Gasteiger charge is 2.32. The van der Waals surface area contributed by atoms with Crippen molar-refractivity contribution in [1.82, 2.24) is 14.4 Å². The van der Waals surface area contributed by atoms with Gasteiger partial charge in [-0.25, -0.2) is 8.42 Å². The Balaban J connectivity index is 1.70. The Kier molecular flexibility index (Phi) is 5.88. The molecule has 1 aliphatic heterocycles. The zero-order valence-electron chi connectivity index (χ0n) is 15.3. The van der Waals surface area contributed by atoms with Gasteiger partial charge in [0.05, 0.1) is 6.42 Å². The normalized spacial score (nSPS) is 16.3. The SMILES string of the molecule is Cc1noc(C)c1S(=O)(=O)N1CCCN(C(=O)Cc2ccccc2Cl)CC1. The molecule has 9 heteroatoms. The number of nitrogens with zero attached hydrogens (tertiary/aromatic N) is 3. The second-order valence-corrected chi connectivity index (χ2v) is 8.84. The lowest BCUT2D eigenvalue weighted by atomic mass is 10.1. The van der Waals surface area contributed by atoms with Crippen LogP contribution in [0.3, 0.4) is 0 Å². The lowest BCUT2D eigenvalue weighted by molar-refractivity contribution is -0.130. The van der Waals surface area contributed by atoms with Crippen LogP contribution in [0.4, 0.5) is 0 Å². The zero-order valence-corrected chi connectivity index (χ0v) is 16.9. The highest BCUT2D eigenvalue weighted by molar-refractivity contribution is 7.89. The lowest BCUT2D eigenvalue weighted by Gasteiger charge is -2.22. The molecule has 2 aromatic rings. The minimum atomic E-state index is -3.70. The first-order valence-electron chi connectivity index (χ1n) is 8.75. The number of rotatable bonds is 4. The molecular weight excluding hydrogens is 390 g/mol. The third-order valence-electron chi connectivity index (χ3n) is 4.67. The monoisotopic (exact) mass is 411 g/mol. The van der Waals surface area contributed by atoms with Gasteiger partial charge in [0.25, 0.3) is 0 Å². The van der Waals surface area contributed by atoms with E-state index in [0.717, 1.165) is 5.56 Å². The predicted molar refractivity (Wildman–Crippen MR) is 101 cm³/mol. The molecule has 7 nitrogen and oxygen atoms in total. The molecule has 0 spiro atoms. The van der Waals surface area contributed by atoms with Crippen LogP contribution in [0.1, 0.15) is 23.4 Å². The number of halogens is 1. The number of carbonyl (C=O) groups excluding carboxylic acids is 1. The van der Waals surface area contributed by atoms with Gasteiger partial charge in [-0.2, -0.15) is 4.31 Å². The summed E-state index contributed by atoms with van der Waals surface area (Å²) >= 11 is 6.14. The molecule has 0 atom stereocenters. The Bertz CT molecular complexity index is 922. The molecule has 0 aliphatic carbocycles. The van der Waals surface area contributed by atoms with E-state index >= 15 is 0 Å². The largest absolute Gasteiger partial charge is 0.360 e. The maximum absolute atomic E-state index is 13.0. The molecule has 3 rings (SSSR count). The summed E-state index contributed by atoms with van der Waals surface area (Å²) in [6.45, 7) is 4.64. The van der Waals surface area contributed by atoms with Gasteiger partial charge in [-0.1, -0.05) is 35.0 Å². The fraction of sp³-hybridized carbons (Fsp3) is 0.444. The number of hydrogen-bond donors (Lipinski definition) is 0. The summed E-state index contributed by atoms with van der Waals surface area (Å²) in [7, 11) is -3.70. The molecule has 1 amide bonds. The summed E-state index contributed by atoms with van der Waals surface area (Å²) in [4.78, 5) is 14.5. The molecular formula is C18H22ClN3O4S. The molecule has 146 valence electrons. The van der Waals surface area contributed by atoms with Crippen LogP contribution < -0.4 is 0 Å². The lowest BCUT2D eigenvalue weighted by Crippen LogP contribution is -2.38. The van der Waals surface area contributed by atoms with Crippen LogP contribution in [0.5, 0.6) is 0 Å². The van der Waals surface area contributed by atoms with E-state index in [1.807, 2.05) is 18.2 Å². The van der Waals surface area contributed by atoms with Crippen LogP contribution >= 0.6 is 11.6 Å². The van der Waals surface area contributed by atoms with Gasteiger partial charge < -0.3 is 9.42 Å². The van der Waals surface area contributed by atoms with Gasteiger partial charge in [0.2, 0.25) is 15.9 Å². The summed E-state index contributed by atoms with van der Waals surface area (Å²) in [5, 5.41) is 4.30. The first-order valence-corrected chi connectivity index (χ1v) is 10.6. The topological polar surface area (TPSA) is 83.7 Å². The Labute approximate surface area is 163 Å². The minimum absolute atomic E-state index is 0.0558. The summed E-state index contributed by atoms with van der Waals surface area (Å²) in [6, 6.07) is 7.24. The van der Waals surface area contributed by atoms with Gasteiger partial charge in [0.15, 0.2) is 5.76 Å². The van der Waals surface area contributed by atoms with Crippen molar-refractivity contribution in [3.63, 3.8) is 0 Å². The van der Waals surface area contributed by atoms with Crippen molar-refractivity contribution in [3.05, 3.63) is 46.3 Å². The Morgan fingerprint density at radius 3 is 2.59 bits per heavy atom. The summed E-state index contributed by atoms with van der Waals surface area (Å²) < 4.78 is 32.3. The van der Waals surface area contributed by atoms with Crippen LogP contribution in [0.2, 0.25) is 5.02 Å². The molecule has 1 aromatic heterocycles. The predicted octanol–water partition coefficient (Wildman–Crippen LogP) is 2.41. The van der Waals surface area contributed by atoms with E-state index < -0.39 is 10.0 Å². The molecule has 2 heterocycles. The second-order valence-electron chi connectivity index (χ2n) is 6.56. The number of hydrogen-bond acceptors (Lipinski definition) is 5. The number of aryl methyl sites for hydroxylation is 2. The van der Waals surface area contributed by atoms with E-state index in [-0.39, 0.29) is 29.5 Å². The molecule has 1 saturated heterocycles. The summed E-state index contributed by atoms with van der Waals surface area (Å²) in [6.07, 6.45) is 0.771. The van der Waals surface area contributed by atoms with Crippen LogP contribution in [-0.2, 0) is 21.2 Å². The molecule has 0 N–H and O–H groups in total. The maximum atomic E-state index is 13.0. The fourth-order valence-corrected chi connectivity index (χ4v) is 5.24. The van der Waals surface area contributed by atoms with E-state index in [4.69, 9.17) is 16.1 Å². The Morgan fingerprint density at radius 1 is 1.19 bits per heavy atom. The molecule has 1 aliphatic rings. The zero-order chi connectivity index (χ0) is 19.6. The summed E-state index contributed by atoms with van der Waals surface area (Å²) in [5.74, 6) is 0.225. The van der Waals surface area contributed by atoms with E-state index in [0.29, 0.717) is 36.8 Å². The van der Waals surface area contributed by atoms with Crippen LogP contribution in [0.15, 0.2) is 33.7 Å². The standard InChI is InChI=1S/C18H22ClN3O4S/c1-13-18(14(2)26-20-13)27(24,25)22-9-5-8-21(10-11-22)17(23)12-15-6-3-4-7-16(15)19/h3-4,6-7H,5,8-12H2,1-2H3. The third kappa shape index (κ3) is 4.17. The highest BCUT2D eigenvalue weighted by atomic mass is 35.5. The van der Waals surface area contributed by atoms with Crippen LogP contribution in [-0.4, -0.2) is 54.9 Å². The van der Waals surface area contributed by atoms with Crippen LogP contribution in [0, 0.1) is 13.8 Å². The molecule has 0 unspecified atom stereocenters. The first kappa shape index (κ1) is 19.9. The Hall–Kier alpha value is -1.90. The van der Waals surface area contributed by atoms with Crippen molar-refractivity contribution in [3.8, 4) is 0 Å². The Morgan fingerprint density at radius 2 is 1.93 bits per heavy atom. The number of benzene rings is 1. The molecule has 0 radical (unpaired) electrons. The van der Waals surface area contributed by atoms with Gasteiger partial charge in [0, 0.05) is 31.2 Å². The van der Waals surface area contributed by atoms with Crippen LogP contribution in [0.25, 0.3) is 0 Å².